The van der Waals surface area contributed by atoms with Crippen molar-refractivity contribution in [2.75, 3.05) is 24.5 Å². The number of carbonyl (C=O) groups excluding carboxylic acids is 1. The molecule has 0 bridgehead atoms. The molecule has 1 amide bonds. The second kappa shape index (κ2) is 8.81. The zero-order valence-corrected chi connectivity index (χ0v) is 18.1. The quantitative estimate of drug-likeness (QED) is 0.599. The van der Waals surface area contributed by atoms with E-state index in [1.165, 1.54) is 5.56 Å². The fourth-order valence-corrected chi connectivity index (χ4v) is 4.80. The highest BCUT2D eigenvalue weighted by Gasteiger charge is 2.31. The molecule has 160 valence electrons. The highest BCUT2D eigenvalue weighted by atomic mass is 35.5. The Labute approximate surface area is 186 Å². The summed E-state index contributed by atoms with van der Waals surface area (Å²) in [7, 11) is 0. The Kier molecular flexibility index (Phi) is 5.74. The van der Waals surface area contributed by atoms with E-state index in [9.17, 15) is 4.79 Å². The lowest BCUT2D eigenvalue weighted by atomic mass is 9.93. The number of para-hydroxylation sites is 1. The molecule has 2 aromatic carbocycles. The van der Waals surface area contributed by atoms with Crippen LogP contribution < -0.4 is 4.90 Å². The molecule has 1 fully saturated rings. The van der Waals surface area contributed by atoms with E-state index in [0.29, 0.717) is 23.3 Å². The molecule has 0 unspecified atom stereocenters. The van der Waals surface area contributed by atoms with E-state index in [2.05, 4.69) is 33.2 Å². The number of amides is 1. The van der Waals surface area contributed by atoms with Crippen LogP contribution in [0.1, 0.15) is 30.7 Å². The van der Waals surface area contributed by atoms with E-state index in [4.69, 9.17) is 16.1 Å². The van der Waals surface area contributed by atoms with Crippen LogP contribution in [0.4, 0.5) is 5.69 Å². The van der Waals surface area contributed by atoms with Crippen molar-refractivity contribution in [2.24, 2.45) is 5.92 Å². The lowest BCUT2D eigenvalue weighted by Gasteiger charge is -2.36. The highest BCUT2D eigenvalue weighted by Crippen LogP contribution is 2.31. The second-order valence-corrected chi connectivity index (χ2v) is 8.67. The molecule has 7 heteroatoms. The lowest BCUT2D eigenvalue weighted by Crippen LogP contribution is -2.44. The van der Waals surface area contributed by atoms with Crippen LogP contribution in [0, 0.1) is 5.92 Å². The molecule has 0 aliphatic carbocycles. The van der Waals surface area contributed by atoms with Crippen LogP contribution in [0.2, 0.25) is 5.02 Å². The van der Waals surface area contributed by atoms with Crippen LogP contribution in [-0.2, 0) is 17.8 Å². The molecule has 3 heterocycles. The van der Waals surface area contributed by atoms with E-state index >= 15 is 0 Å². The molecule has 1 saturated heterocycles. The predicted octanol–water partition coefficient (Wildman–Crippen LogP) is 4.58. The average Bonchev–Trinajstić information content (AvgIpc) is 3.27. The maximum absolute atomic E-state index is 13.2. The van der Waals surface area contributed by atoms with Crippen LogP contribution >= 0.6 is 11.6 Å². The highest BCUT2D eigenvalue weighted by molar-refractivity contribution is 6.33. The molecule has 1 aromatic heterocycles. The Morgan fingerprint density at radius 3 is 2.68 bits per heavy atom. The predicted molar refractivity (Wildman–Crippen MR) is 120 cm³/mol. The number of aryl methyl sites for hydroxylation is 1. The standard InChI is InChI=1S/C24H25ClN4O2/c25-20-9-3-2-8-19(20)23-26-22(31-27-23)16-28-14-11-18(12-15-28)24(30)29-13-5-7-17-6-1-4-10-21(17)29/h1-4,6,8-10,18H,5,7,11-16H2. The Morgan fingerprint density at radius 1 is 1.06 bits per heavy atom. The first kappa shape index (κ1) is 20.2. The molecule has 2 aliphatic heterocycles. The smallest absolute Gasteiger partial charge is 0.241 e. The Bertz CT molecular complexity index is 1070. The summed E-state index contributed by atoms with van der Waals surface area (Å²) in [5, 5.41) is 4.69. The topological polar surface area (TPSA) is 62.5 Å². The van der Waals surface area contributed by atoms with Gasteiger partial charge in [-0.2, -0.15) is 4.98 Å². The van der Waals surface area contributed by atoms with Gasteiger partial charge in [0, 0.05) is 23.7 Å². The number of benzene rings is 2. The summed E-state index contributed by atoms with van der Waals surface area (Å²) in [6, 6.07) is 15.8. The van der Waals surface area contributed by atoms with Crippen molar-refractivity contribution in [2.45, 2.75) is 32.2 Å². The summed E-state index contributed by atoms with van der Waals surface area (Å²) in [6.45, 7) is 3.10. The van der Waals surface area contributed by atoms with Crippen LogP contribution in [-0.4, -0.2) is 40.6 Å². The number of fused-ring (bicyclic) bond motifs is 1. The SMILES string of the molecule is O=C(C1CCN(Cc2nc(-c3ccccc3Cl)no2)CC1)N1CCCc2ccccc21. The summed E-state index contributed by atoms with van der Waals surface area (Å²) < 4.78 is 5.45. The van der Waals surface area contributed by atoms with Crippen molar-refractivity contribution in [3.63, 3.8) is 0 Å². The van der Waals surface area contributed by atoms with Gasteiger partial charge >= 0.3 is 0 Å². The number of aromatic nitrogens is 2. The maximum atomic E-state index is 13.2. The molecule has 31 heavy (non-hydrogen) atoms. The van der Waals surface area contributed by atoms with Gasteiger partial charge in [0.05, 0.1) is 11.6 Å². The third-order valence-corrected chi connectivity index (χ3v) is 6.58. The summed E-state index contributed by atoms with van der Waals surface area (Å²) >= 11 is 6.23. The van der Waals surface area contributed by atoms with Gasteiger partial charge in [-0.15, -0.1) is 0 Å². The van der Waals surface area contributed by atoms with Crippen LogP contribution in [0.15, 0.2) is 53.1 Å². The summed E-state index contributed by atoms with van der Waals surface area (Å²) in [5.41, 5.74) is 3.15. The van der Waals surface area contributed by atoms with Gasteiger partial charge in [0.25, 0.3) is 0 Å². The molecular weight excluding hydrogens is 412 g/mol. The summed E-state index contributed by atoms with van der Waals surface area (Å²) in [4.78, 5) is 22.0. The number of rotatable bonds is 4. The molecule has 2 aliphatic rings. The number of hydrogen-bond acceptors (Lipinski definition) is 5. The van der Waals surface area contributed by atoms with Crippen molar-refractivity contribution in [1.29, 1.82) is 0 Å². The van der Waals surface area contributed by atoms with Gasteiger partial charge in [-0.25, -0.2) is 0 Å². The Morgan fingerprint density at radius 2 is 1.84 bits per heavy atom. The number of hydrogen-bond donors (Lipinski definition) is 0. The van der Waals surface area contributed by atoms with Gasteiger partial charge in [0.1, 0.15) is 0 Å². The van der Waals surface area contributed by atoms with Crippen molar-refractivity contribution in [1.82, 2.24) is 15.0 Å². The normalized spacial score (nSPS) is 17.5. The third kappa shape index (κ3) is 4.23. The van der Waals surface area contributed by atoms with Gasteiger partial charge in [0.2, 0.25) is 17.6 Å². The van der Waals surface area contributed by atoms with Crippen LogP contribution in [0.5, 0.6) is 0 Å². The molecule has 0 atom stereocenters. The molecule has 0 radical (unpaired) electrons. The molecular formula is C24H25ClN4O2. The number of nitrogens with zero attached hydrogens (tertiary/aromatic N) is 4. The zero-order valence-electron chi connectivity index (χ0n) is 17.3. The van der Waals surface area contributed by atoms with Crippen molar-refractivity contribution >= 4 is 23.2 Å². The number of likely N-dealkylation sites (tertiary alicyclic amines) is 1. The lowest BCUT2D eigenvalue weighted by molar-refractivity contribution is -0.124. The number of piperidine rings is 1. The molecule has 3 aromatic rings. The molecule has 5 rings (SSSR count). The first-order valence-corrected chi connectivity index (χ1v) is 11.3. The van der Waals surface area contributed by atoms with Crippen molar-refractivity contribution in [3.05, 3.63) is 65.0 Å². The van der Waals surface area contributed by atoms with Crippen LogP contribution in [0.3, 0.4) is 0 Å². The summed E-state index contributed by atoms with van der Waals surface area (Å²) in [6.07, 6.45) is 3.79. The third-order valence-electron chi connectivity index (χ3n) is 6.25. The van der Waals surface area contributed by atoms with Gasteiger partial charge < -0.3 is 9.42 Å². The van der Waals surface area contributed by atoms with E-state index in [0.717, 1.165) is 56.6 Å². The van der Waals surface area contributed by atoms with Crippen molar-refractivity contribution in [3.8, 4) is 11.4 Å². The van der Waals surface area contributed by atoms with Crippen molar-refractivity contribution < 1.29 is 9.32 Å². The minimum absolute atomic E-state index is 0.0729. The minimum atomic E-state index is 0.0729. The maximum Gasteiger partial charge on any atom is 0.241 e. The van der Waals surface area contributed by atoms with Gasteiger partial charge in [-0.1, -0.05) is 47.1 Å². The minimum Gasteiger partial charge on any atom is -0.338 e. The molecule has 0 N–H and O–H groups in total. The first-order chi connectivity index (χ1) is 15.2. The van der Waals surface area contributed by atoms with E-state index in [1.54, 1.807) is 0 Å². The monoisotopic (exact) mass is 436 g/mol. The molecule has 0 spiro atoms. The Hall–Kier alpha value is -2.70. The first-order valence-electron chi connectivity index (χ1n) is 10.9. The van der Waals surface area contributed by atoms with Crippen LogP contribution in [0.25, 0.3) is 11.4 Å². The zero-order chi connectivity index (χ0) is 21.2. The van der Waals surface area contributed by atoms with E-state index < -0.39 is 0 Å². The number of halogens is 1. The number of anilines is 1. The second-order valence-electron chi connectivity index (χ2n) is 8.26. The number of carbonyl (C=O) groups is 1. The molecule has 0 saturated carbocycles. The Balaban J connectivity index is 1.19. The van der Waals surface area contributed by atoms with Gasteiger partial charge in [0.15, 0.2) is 0 Å². The van der Waals surface area contributed by atoms with E-state index in [-0.39, 0.29) is 11.8 Å². The van der Waals surface area contributed by atoms with Gasteiger partial charge in [-0.05, 0) is 62.5 Å². The van der Waals surface area contributed by atoms with Gasteiger partial charge in [-0.3, -0.25) is 9.69 Å². The fraction of sp³-hybridized carbons (Fsp3) is 0.375. The molecule has 6 nitrogen and oxygen atoms in total. The van der Waals surface area contributed by atoms with E-state index in [1.807, 2.05) is 35.2 Å². The summed E-state index contributed by atoms with van der Waals surface area (Å²) in [5.74, 6) is 1.42. The fourth-order valence-electron chi connectivity index (χ4n) is 4.58. The average molecular weight is 437 g/mol. The largest absolute Gasteiger partial charge is 0.338 e.